The molecule has 5 nitrogen and oxygen atoms in total. The summed E-state index contributed by atoms with van der Waals surface area (Å²) < 4.78 is 26.5. The van der Waals surface area contributed by atoms with E-state index in [4.69, 9.17) is 0 Å². The van der Waals surface area contributed by atoms with Crippen LogP contribution in [0.15, 0.2) is 0 Å². The van der Waals surface area contributed by atoms with Gasteiger partial charge in [0.2, 0.25) is 0 Å². The number of sulfone groups is 1. The first-order valence-electron chi connectivity index (χ1n) is 4.90. The molecule has 1 saturated heterocycles. The van der Waals surface area contributed by atoms with Crippen molar-refractivity contribution >= 4 is 15.8 Å². The molecule has 1 rings (SSSR count). The van der Waals surface area contributed by atoms with Gasteiger partial charge >= 0.3 is 5.97 Å². The van der Waals surface area contributed by atoms with Crippen molar-refractivity contribution in [3.8, 4) is 0 Å². The Kier molecular flexibility index (Phi) is 4.10. The summed E-state index contributed by atoms with van der Waals surface area (Å²) in [5.41, 5.74) is 0. The number of hydrogen-bond acceptors (Lipinski definition) is 5. The summed E-state index contributed by atoms with van der Waals surface area (Å²) in [6, 6.07) is 0. The second-order valence-corrected chi connectivity index (χ2v) is 6.20. The van der Waals surface area contributed by atoms with E-state index in [1.807, 2.05) is 4.90 Å². The van der Waals surface area contributed by atoms with Crippen LogP contribution in [0.3, 0.4) is 0 Å². The average Bonchev–Trinajstić information content (AvgIpc) is 2.61. The second-order valence-electron chi connectivity index (χ2n) is 3.94. The number of carbonyl (C=O) groups excluding carboxylic acids is 1. The Morgan fingerprint density at radius 2 is 2.20 bits per heavy atom. The molecule has 0 aliphatic carbocycles. The first-order chi connectivity index (χ1) is 6.92. The number of methoxy groups -OCH3 is 1. The lowest BCUT2D eigenvalue weighted by Crippen LogP contribution is -2.28. The highest BCUT2D eigenvalue weighted by atomic mass is 32.2. The van der Waals surface area contributed by atoms with Gasteiger partial charge in [-0.3, -0.25) is 4.79 Å². The fourth-order valence-electron chi connectivity index (χ4n) is 1.69. The zero-order valence-electron chi connectivity index (χ0n) is 9.10. The molecule has 1 aliphatic heterocycles. The second kappa shape index (κ2) is 4.94. The standard InChI is InChI=1S/C9H17NO4S/c1-14-9(11)8-3-4-10(7-8)5-6-15(2,12)13/h8H,3-7H2,1-2H3. The zero-order valence-corrected chi connectivity index (χ0v) is 9.92. The summed E-state index contributed by atoms with van der Waals surface area (Å²) >= 11 is 0. The molecule has 88 valence electrons. The Hall–Kier alpha value is -0.620. The van der Waals surface area contributed by atoms with Crippen LogP contribution in [0.25, 0.3) is 0 Å². The maximum atomic E-state index is 11.2. The molecule has 1 fully saturated rings. The fraction of sp³-hybridized carbons (Fsp3) is 0.889. The molecule has 0 saturated carbocycles. The summed E-state index contributed by atoms with van der Waals surface area (Å²) in [7, 11) is -1.54. The van der Waals surface area contributed by atoms with Crippen LogP contribution in [0.4, 0.5) is 0 Å². The molecule has 0 amide bonds. The van der Waals surface area contributed by atoms with Gasteiger partial charge in [0.15, 0.2) is 0 Å². The van der Waals surface area contributed by atoms with Gasteiger partial charge in [0.05, 0.1) is 18.8 Å². The quantitative estimate of drug-likeness (QED) is 0.616. The van der Waals surface area contributed by atoms with Crippen LogP contribution in [0.1, 0.15) is 6.42 Å². The van der Waals surface area contributed by atoms with E-state index in [0.29, 0.717) is 13.1 Å². The number of likely N-dealkylation sites (tertiary alicyclic amines) is 1. The Morgan fingerprint density at radius 1 is 1.53 bits per heavy atom. The van der Waals surface area contributed by atoms with Gasteiger partial charge in [-0.2, -0.15) is 0 Å². The predicted molar refractivity (Wildman–Crippen MR) is 56.3 cm³/mol. The van der Waals surface area contributed by atoms with E-state index in [9.17, 15) is 13.2 Å². The predicted octanol–water partition coefficient (Wildman–Crippen LogP) is -0.474. The van der Waals surface area contributed by atoms with E-state index in [1.165, 1.54) is 13.4 Å². The van der Waals surface area contributed by atoms with Crippen LogP contribution in [0.5, 0.6) is 0 Å². The first-order valence-corrected chi connectivity index (χ1v) is 6.96. The van der Waals surface area contributed by atoms with Crippen molar-refractivity contribution in [3.05, 3.63) is 0 Å². The molecular formula is C9H17NO4S. The number of carbonyl (C=O) groups is 1. The Labute approximate surface area is 90.3 Å². The van der Waals surface area contributed by atoms with Crippen molar-refractivity contribution in [2.45, 2.75) is 6.42 Å². The van der Waals surface area contributed by atoms with Crippen molar-refractivity contribution < 1.29 is 17.9 Å². The highest BCUT2D eigenvalue weighted by molar-refractivity contribution is 7.90. The molecular weight excluding hydrogens is 218 g/mol. The number of nitrogens with zero attached hydrogens (tertiary/aromatic N) is 1. The lowest BCUT2D eigenvalue weighted by Gasteiger charge is -2.14. The van der Waals surface area contributed by atoms with Gasteiger partial charge in [0.1, 0.15) is 9.84 Å². The zero-order chi connectivity index (χ0) is 11.5. The van der Waals surface area contributed by atoms with Gasteiger partial charge in [-0.1, -0.05) is 0 Å². The van der Waals surface area contributed by atoms with Gasteiger partial charge in [-0.15, -0.1) is 0 Å². The molecule has 0 spiro atoms. The van der Waals surface area contributed by atoms with Crippen molar-refractivity contribution in [3.63, 3.8) is 0 Å². The van der Waals surface area contributed by atoms with Gasteiger partial charge in [0.25, 0.3) is 0 Å². The van der Waals surface area contributed by atoms with Gasteiger partial charge in [0, 0.05) is 19.3 Å². The van der Waals surface area contributed by atoms with Crippen molar-refractivity contribution in [1.29, 1.82) is 0 Å². The third kappa shape index (κ3) is 4.17. The van der Waals surface area contributed by atoms with Crippen LogP contribution in [-0.2, 0) is 19.4 Å². The summed E-state index contributed by atoms with van der Waals surface area (Å²) in [6.07, 6.45) is 1.98. The summed E-state index contributed by atoms with van der Waals surface area (Å²) in [5.74, 6) is -0.132. The highest BCUT2D eigenvalue weighted by Crippen LogP contribution is 2.16. The fourth-order valence-corrected chi connectivity index (χ4v) is 2.28. The molecule has 15 heavy (non-hydrogen) atoms. The maximum absolute atomic E-state index is 11.2. The van der Waals surface area contributed by atoms with Gasteiger partial charge in [-0.25, -0.2) is 8.42 Å². The van der Waals surface area contributed by atoms with E-state index in [-0.39, 0.29) is 17.6 Å². The average molecular weight is 235 g/mol. The van der Waals surface area contributed by atoms with Crippen LogP contribution < -0.4 is 0 Å². The summed E-state index contributed by atoms with van der Waals surface area (Å²) in [5, 5.41) is 0. The van der Waals surface area contributed by atoms with Crippen molar-refractivity contribution in [2.75, 3.05) is 38.8 Å². The number of esters is 1. The van der Waals surface area contributed by atoms with Gasteiger partial charge < -0.3 is 9.64 Å². The third-order valence-corrected chi connectivity index (χ3v) is 3.51. The number of rotatable bonds is 4. The topological polar surface area (TPSA) is 63.7 Å². The Balaban J connectivity index is 2.34. The SMILES string of the molecule is COC(=O)C1CCN(CCS(C)(=O)=O)C1. The van der Waals surface area contributed by atoms with E-state index < -0.39 is 9.84 Å². The van der Waals surface area contributed by atoms with Crippen LogP contribution >= 0.6 is 0 Å². The van der Waals surface area contributed by atoms with Gasteiger partial charge in [-0.05, 0) is 13.0 Å². The highest BCUT2D eigenvalue weighted by Gasteiger charge is 2.28. The molecule has 1 atom stereocenters. The molecule has 0 radical (unpaired) electrons. The largest absolute Gasteiger partial charge is 0.469 e. The number of ether oxygens (including phenoxy) is 1. The maximum Gasteiger partial charge on any atom is 0.310 e. The molecule has 1 aliphatic rings. The van der Waals surface area contributed by atoms with Crippen molar-refractivity contribution in [2.24, 2.45) is 5.92 Å². The summed E-state index contributed by atoms with van der Waals surface area (Å²) in [6.45, 7) is 1.89. The minimum atomic E-state index is -2.91. The minimum absolute atomic E-state index is 0.0884. The molecule has 0 N–H and O–H groups in total. The minimum Gasteiger partial charge on any atom is -0.469 e. The van der Waals surface area contributed by atoms with E-state index in [2.05, 4.69) is 4.74 Å². The molecule has 0 aromatic heterocycles. The lowest BCUT2D eigenvalue weighted by molar-refractivity contribution is -0.144. The normalized spacial score (nSPS) is 22.9. The summed E-state index contributed by atoms with van der Waals surface area (Å²) in [4.78, 5) is 13.2. The molecule has 1 unspecified atom stereocenters. The van der Waals surface area contributed by atoms with Crippen molar-refractivity contribution in [1.82, 2.24) is 4.90 Å². The van der Waals surface area contributed by atoms with E-state index in [0.717, 1.165) is 13.0 Å². The van der Waals surface area contributed by atoms with Crippen LogP contribution in [0, 0.1) is 5.92 Å². The molecule has 0 bridgehead atoms. The van der Waals surface area contributed by atoms with Crippen LogP contribution in [-0.4, -0.2) is 58.0 Å². The Bertz CT molecular complexity index is 325. The molecule has 6 heteroatoms. The third-order valence-electron chi connectivity index (χ3n) is 2.59. The molecule has 1 heterocycles. The Morgan fingerprint density at radius 3 is 2.73 bits per heavy atom. The smallest absolute Gasteiger partial charge is 0.310 e. The van der Waals surface area contributed by atoms with Crippen LogP contribution in [0.2, 0.25) is 0 Å². The van der Waals surface area contributed by atoms with E-state index >= 15 is 0 Å². The lowest BCUT2D eigenvalue weighted by atomic mass is 10.1. The number of hydrogen-bond donors (Lipinski definition) is 0. The molecule has 0 aromatic rings. The first kappa shape index (κ1) is 12.4. The monoisotopic (exact) mass is 235 g/mol. The molecule has 0 aromatic carbocycles. The van der Waals surface area contributed by atoms with E-state index in [1.54, 1.807) is 0 Å².